The van der Waals surface area contributed by atoms with E-state index in [0.717, 1.165) is 32.1 Å². The fraction of sp³-hybridized carbons (Fsp3) is 0.818. The van der Waals surface area contributed by atoms with Crippen LogP contribution in [0.5, 0.6) is 0 Å². The van der Waals surface area contributed by atoms with Crippen molar-refractivity contribution in [3.63, 3.8) is 0 Å². The van der Waals surface area contributed by atoms with Crippen LogP contribution in [0.15, 0.2) is 0 Å². The SMILES string of the molecule is CCCC(NC(=O)NC1CCCC1)C(=O)O. The second-order valence-corrected chi connectivity index (χ2v) is 4.28. The van der Waals surface area contributed by atoms with Crippen molar-refractivity contribution in [2.45, 2.75) is 57.5 Å². The van der Waals surface area contributed by atoms with Crippen molar-refractivity contribution < 1.29 is 14.7 Å². The first-order chi connectivity index (χ1) is 7.63. The lowest BCUT2D eigenvalue weighted by atomic mass is 10.2. The van der Waals surface area contributed by atoms with E-state index < -0.39 is 12.0 Å². The first-order valence-electron chi connectivity index (χ1n) is 5.93. The maximum Gasteiger partial charge on any atom is 0.326 e. The molecule has 5 heteroatoms. The van der Waals surface area contributed by atoms with Gasteiger partial charge in [-0.1, -0.05) is 26.2 Å². The highest BCUT2D eigenvalue weighted by molar-refractivity contribution is 5.82. The normalized spacial score (nSPS) is 18.1. The van der Waals surface area contributed by atoms with E-state index in [1.165, 1.54) is 0 Å². The number of aliphatic carboxylic acids is 1. The van der Waals surface area contributed by atoms with Crippen molar-refractivity contribution in [3.8, 4) is 0 Å². The van der Waals surface area contributed by atoms with Crippen LogP contribution in [0.3, 0.4) is 0 Å². The molecule has 16 heavy (non-hydrogen) atoms. The van der Waals surface area contributed by atoms with Gasteiger partial charge in [0.25, 0.3) is 0 Å². The van der Waals surface area contributed by atoms with Crippen molar-refractivity contribution in [2.24, 2.45) is 0 Å². The minimum absolute atomic E-state index is 0.219. The van der Waals surface area contributed by atoms with Gasteiger partial charge in [0.2, 0.25) is 0 Å². The molecule has 1 saturated carbocycles. The molecule has 0 aromatic rings. The molecule has 0 bridgehead atoms. The number of carboxylic acids is 1. The summed E-state index contributed by atoms with van der Waals surface area (Å²) in [5, 5.41) is 14.2. The molecule has 0 spiro atoms. The van der Waals surface area contributed by atoms with E-state index in [2.05, 4.69) is 10.6 Å². The summed E-state index contributed by atoms with van der Waals surface area (Å²) < 4.78 is 0. The number of nitrogens with one attached hydrogen (secondary N) is 2. The Hall–Kier alpha value is -1.26. The number of amides is 2. The largest absolute Gasteiger partial charge is 0.480 e. The van der Waals surface area contributed by atoms with Crippen molar-refractivity contribution in [1.29, 1.82) is 0 Å². The molecule has 1 fully saturated rings. The molecule has 0 radical (unpaired) electrons. The molecule has 5 nitrogen and oxygen atoms in total. The van der Waals surface area contributed by atoms with E-state index >= 15 is 0 Å². The molecule has 0 aliphatic heterocycles. The molecule has 1 unspecified atom stereocenters. The first kappa shape index (κ1) is 12.8. The zero-order chi connectivity index (χ0) is 12.0. The van der Waals surface area contributed by atoms with E-state index in [4.69, 9.17) is 5.11 Å². The zero-order valence-electron chi connectivity index (χ0n) is 9.66. The predicted octanol–water partition coefficient (Wildman–Crippen LogP) is 1.48. The van der Waals surface area contributed by atoms with Gasteiger partial charge in [0.05, 0.1) is 0 Å². The van der Waals surface area contributed by atoms with Gasteiger partial charge >= 0.3 is 12.0 Å². The molecule has 2 amide bonds. The van der Waals surface area contributed by atoms with E-state index in [-0.39, 0.29) is 12.1 Å². The Morgan fingerprint density at radius 2 is 2.00 bits per heavy atom. The predicted molar refractivity (Wildman–Crippen MR) is 60.3 cm³/mol. The van der Waals surface area contributed by atoms with Crippen LogP contribution in [0, 0.1) is 0 Å². The van der Waals surface area contributed by atoms with Crippen molar-refractivity contribution in [3.05, 3.63) is 0 Å². The van der Waals surface area contributed by atoms with E-state index in [1.54, 1.807) is 0 Å². The van der Waals surface area contributed by atoms with Gasteiger partial charge in [-0.15, -0.1) is 0 Å². The summed E-state index contributed by atoms with van der Waals surface area (Å²) in [4.78, 5) is 22.3. The molecule has 1 atom stereocenters. The van der Waals surface area contributed by atoms with Gasteiger partial charge in [-0.2, -0.15) is 0 Å². The molecule has 0 aromatic carbocycles. The fourth-order valence-corrected chi connectivity index (χ4v) is 2.00. The van der Waals surface area contributed by atoms with Crippen LogP contribution >= 0.6 is 0 Å². The third-order valence-corrected chi connectivity index (χ3v) is 2.87. The number of hydrogen-bond donors (Lipinski definition) is 3. The average Bonchev–Trinajstić information content (AvgIpc) is 2.69. The number of urea groups is 1. The zero-order valence-corrected chi connectivity index (χ0v) is 9.66. The van der Waals surface area contributed by atoms with Crippen LogP contribution in [0.25, 0.3) is 0 Å². The Bertz CT molecular complexity index is 250. The maximum absolute atomic E-state index is 11.5. The van der Waals surface area contributed by atoms with Gasteiger partial charge < -0.3 is 15.7 Å². The minimum Gasteiger partial charge on any atom is -0.480 e. The van der Waals surface area contributed by atoms with Crippen LogP contribution in [0.1, 0.15) is 45.4 Å². The third kappa shape index (κ3) is 4.08. The summed E-state index contributed by atoms with van der Waals surface area (Å²) >= 11 is 0. The lowest BCUT2D eigenvalue weighted by Crippen LogP contribution is -2.48. The van der Waals surface area contributed by atoms with Crippen molar-refractivity contribution >= 4 is 12.0 Å². The van der Waals surface area contributed by atoms with Gasteiger partial charge in [0, 0.05) is 6.04 Å². The molecule has 1 aliphatic rings. The van der Waals surface area contributed by atoms with Crippen LogP contribution in [-0.2, 0) is 4.79 Å². The van der Waals surface area contributed by atoms with Gasteiger partial charge in [0.15, 0.2) is 0 Å². The summed E-state index contributed by atoms with van der Waals surface area (Å²) in [7, 11) is 0. The van der Waals surface area contributed by atoms with Gasteiger partial charge in [-0.3, -0.25) is 0 Å². The van der Waals surface area contributed by atoms with Crippen LogP contribution in [0.4, 0.5) is 4.79 Å². The van der Waals surface area contributed by atoms with Crippen LogP contribution < -0.4 is 10.6 Å². The standard InChI is InChI=1S/C11H20N2O3/c1-2-5-9(10(14)15)13-11(16)12-8-6-3-4-7-8/h8-9H,2-7H2,1H3,(H,14,15)(H2,12,13,16). The molecular formula is C11H20N2O3. The topological polar surface area (TPSA) is 78.4 Å². The highest BCUT2D eigenvalue weighted by Crippen LogP contribution is 2.17. The van der Waals surface area contributed by atoms with E-state index in [0.29, 0.717) is 6.42 Å². The Labute approximate surface area is 95.6 Å². The molecule has 1 aliphatic carbocycles. The monoisotopic (exact) mass is 228 g/mol. The first-order valence-corrected chi connectivity index (χ1v) is 5.93. The number of carbonyl (C=O) groups is 2. The molecule has 0 saturated heterocycles. The highest BCUT2D eigenvalue weighted by atomic mass is 16.4. The lowest BCUT2D eigenvalue weighted by molar-refractivity contribution is -0.139. The Morgan fingerprint density at radius 1 is 1.38 bits per heavy atom. The van der Waals surface area contributed by atoms with Crippen molar-refractivity contribution in [1.82, 2.24) is 10.6 Å². The summed E-state index contributed by atoms with van der Waals surface area (Å²) in [6.45, 7) is 1.90. The molecule has 92 valence electrons. The number of hydrogen-bond acceptors (Lipinski definition) is 2. The highest BCUT2D eigenvalue weighted by Gasteiger charge is 2.21. The molecular weight excluding hydrogens is 208 g/mol. The lowest BCUT2D eigenvalue weighted by Gasteiger charge is -2.17. The van der Waals surface area contributed by atoms with Crippen LogP contribution in [-0.4, -0.2) is 29.2 Å². The number of rotatable bonds is 5. The Morgan fingerprint density at radius 3 is 2.50 bits per heavy atom. The second-order valence-electron chi connectivity index (χ2n) is 4.28. The molecule has 3 N–H and O–H groups in total. The number of carbonyl (C=O) groups excluding carboxylic acids is 1. The molecule has 0 aromatic heterocycles. The van der Waals surface area contributed by atoms with E-state index in [1.807, 2.05) is 6.92 Å². The van der Waals surface area contributed by atoms with Gasteiger partial charge in [-0.05, 0) is 19.3 Å². The van der Waals surface area contributed by atoms with Crippen molar-refractivity contribution in [2.75, 3.05) is 0 Å². The number of carboxylic acid groups (broad SMARTS) is 1. The molecule has 0 heterocycles. The van der Waals surface area contributed by atoms with E-state index in [9.17, 15) is 9.59 Å². The van der Waals surface area contributed by atoms with Gasteiger partial charge in [0.1, 0.15) is 6.04 Å². The van der Waals surface area contributed by atoms with Crippen LogP contribution in [0.2, 0.25) is 0 Å². The Kier molecular flexibility index (Phi) is 5.08. The summed E-state index contributed by atoms with van der Waals surface area (Å²) in [6.07, 6.45) is 5.48. The smallest absolute Gasteiger partial charge is 0.326 e. The maximum atomic E-state index is 11.5. The summed E-state index contributed by atoms with van der Waals surface area (Å²) in [6, 6.07) is -0.907. The third-order valence-electron chi connectivity index (χ3n) is 2.87. The van der Waals surface area contributed by atoms with Gasteiger partial charge in [-0.25, -0.2) is 9.59 Å². The Balaban J connectivity index is 2.32. The fourth-order valence-electron chi connectivity index (χ4n) is 2.00. The summed E-state index contributed by atoms with van der Waals surface area (Å²) in [5.41, 5.74) is 0. The summed E-state index contributed by atoms with van der Waals surface area (Å²) in [5.74, 6) is -0.969. The minimum atomic E-state index is -0.969. The second kappa shape index (κ2) is 6.35. The molecule has 1 rings (SSSR count). The quantitative estimate of drug-likeness (QED) is 0.667. The average molecular weight is 228 g/mol.